The Kier molecular flexibility index (Phi) is 4.26. The average Bonchev–Trinajstić information content (AvgIpc) is 2.73. The molecular weight excluding hydrogens is 340 g/mol. The van der Waals surface area contributed by atoms with Crippen molar-refractivity contribution in [2.45, 2.75) is 26.9 Å². The second-order valence-corrected chi connectivity index (χ2v) is 5.38. The zero-order chi connectivity index (χ0) is 15.7. The van der Waals surface area contributed by atoms with Crippen LogP contribution in [-0.2, 0) is 24.9 Å². The van der Waals surface area contributed by atoms with Gasteiger partial charge in [-0.2, -0.15) is 0 Å². The third-order valence-electron chi connectivity index (χ3n) is 3.09. The topological polar surface area (TPSA) is 78.9 Å². The standard InChI is InChI=1S/C13H15BrN4O3/c1-4-5-6-17-11(20)9-10(16(3)13(17)21)15-12(14)18(9)7-8(2)19/h4-5H,6-7H2,1-3H3. The summed E-state index contributed by atoms with van der Waals surface area (Å²) in [4.78, 5) is 40.3. The quantitative estimate of drug-likeness (QED) is 0.601. The van der Waals surface area contributed by atoms with Gasteiger partial charge in [-0.25, -0.2) is 9.78 Å². The lowest BCUT2D eigenvalue weighted by Gasteiger charge is -2.07. The third-order valence-corrected chi connectivity index (χ3v) is 3.70. The molecule has 0 aliphatic rings. The van der Waals surface area contributed by atoms with E-state index in [0.29, 0.717) is 4.73 Å². The number of aryl methyl sites for hydroxylation is 1. The first-order valence-electron chi connectivity index (χ1n) is 6.34. The van der Waals surface area contributed by atoms with E-state index in [9.17, 15) is 14.4 Å². The summed E-state index contributed by atoms with van der Waals surface area (Å²) in [6, 6.07) is 0. The zero-order valence-corrected chi connectivity index (χ0v) is 13.5. The molecule has 2 heterocycles. The fourth-order valence-corrected chi connectivity index (χ4v) is 2.55. The maximum Gasteiger partial charge on any atom is 0.332 e. The molecule has 0 N–H and O–H groups in total. The number of hydrogen-bond acceptors (Lipinski definition) is 4. The second kappa shape index (κ2) is 5.80. The predicted octanol–water partition coefficient (Wildman–Crippen LogP) is 0.824. The van der Waals surface area contributed by atoms with Gasteiger partial charge in [-0.05, 0) is 29.8 Å². The van der Waals surface area contributed by atoms with Crippen molar-refractivity contribution < 1.29 is 4.79 Å². The van der Waals surface area contributed by atoms with E-state index in [1.54, 1.807) is 19.2 Å². The molecule has 2 aromatic rings. The van der Waals surface area contributed by atoms with Crippen LogP contribution in [-0.4, -0.2) is 24.5 Å². The van der Waals surface area contributed by atoms with E-state index < -0.39 is 11.2 Å². The smallest absolute Gasteiger partial charge is 0.305 e. The molecule has 0 amide bonds. The highest BCUT2D eigenvalue weighted by atomic mass is 79.9. The number of nitrogens with zero attached hydrogens (tertiary/aromatic N) is 4. The molecule has 0 radical (unpaired) electrons. The van der Waals surface area contributed by atoms with Gasteiger partial charge in [0.2, 0.25) is 0 Å². The van der Waals surface area contributed by atoms with Crippen LogP contribution in [0.5, 0.6) is 0 Å². The number of carbonyl (C=O) groups is 1. The van der Waals surface area contributed by atoms with Crippen LogP contribution in [0.15, 0.2) is 26.5 Å². The predicted molar refractivity (Wildman–Crippen MR) is 82.4 cm³/mol. The van der Waals surface area contributed by atoms with Gasteiger partial charge in [0, 0.05) is 13.6 Å². The highest BCUT2D eigenvalue weighted by Gasteiger charge is 2.19. The van der Waals surface area contributed by atoms with Crippen molar-refractivity contribution in [3.8, 4) is 0 Å². The van der Waals surface area contributed by atoms with Crippen molar-refractivity contribution in [2.24, 2.45) is 7.05 Å². The summed E-state index contributed by atoms with van der Waals surface area (Å²) in [7, 11) is 1.55. The molecule has 0 bridgehead atoms. The average molecular weight is 355 g/mol. The molecule has 0 fully saturated rings. The largest absolute Gasteiger partial charge is 0.332 e. The molecule has 0 aliphatic heterocycles. The van der Waals surface area contributed by atoms with Crippen molar-refractivity contribution in [1.29, 1.82) is 0 Å². The minimum Gasteiger partial charge on any atom is -0.305 e. The van der Waals surface area contributed by atoms with Gasteiger partial charge in [-0.3, -0.25) is 18.7 Å². The Morgan fingerprint density at radius 2 is 2.00 bits per heavy atom. The number of halogens is 1. The number of imidazole rings is 1. The first kappa shape index (κ1) is 15.4. The van der Waals surface area contributed by atoms with Gasteiger partial charge in [0.1, 0.15) is 5.78 Å². The maximum absolute atomic E-state index is 12.5. The molecule has 21 heavy (non-hydrogen) atoms. The molecular formula is C13H15BrN4O3. The Bertz CT molecular complexity index is 857. The number of aromatic nitrogens is 4. The number of hydrogen-bond donors (Lipinski definition) is 0. The summed E-state index contributed by atoms with van der Waals surface area (Å²) < 4.78 is 4.25. The Labute approximate surface area is 128 Å². The Morgan fingerprint density at radius 1 is 1.33 bits per heavy atom. The summed E-state index contributed by atoms with van der Waals surface area (Å²) in [6.45, 7) is 3.44. The van der Waals surface area contributed by atoms with E-state index in [1.807, 2.05) is 6.92 Å². The molecule has 7 nitrogen and oxygen atoms in total. The summed E-state index contributed by atoms with van der Waals surface area (Å²) in [5.74, 6) is -0.108. The molecule has 0 saturated heterocycles. The van der Waals surface area contributed by atoms with Gasteiger partial charge < -0.3 is 4.57 Å². The summed E-state index contributed by atoms with van der Waals surface area (Å²) >= 11 is 3.23. The van der Waals surface area contributed by atoms with Crippen molar-refractivity contribution in [2.75, 3.05) is 0 Å². The van der Waals surface area contributed by atoms with Gasteiger partial charge >= 0.3 is 5.69 Å². The fourth-order valence-electron chi connectivity index (χ4n) is 2.08. The Balaban J connectivity index is 2.88. The number of Topliss-reactive ketones (excluding diaryl/α,β-unsaturated/α-hetero) is 1. The number of fused-ring (bicyclic) bond motifs is 1. The molecule has 0 saturated carbocycles. The minimum absolute atomic E-state index is 0.0220. The first-order valence-corrected chi connectivity index (χ1v) is 7.14. The Morgan fingerprint density at radius 3 is 2.57 bits per heavy atom. The van der Waals surface area contributed by atoms with Crippen LogP contribution in [0, 0.1) is 0 Å². The lowest BCUT2D eigenvalue weighted by atomic mass is 10.4. The SMILES string of the molecule is CC=CCn1c(=O)c2c(nc(Br)n2CC(C)=O)n(C)c1=O. The van der Waals surface area contributed by atoms with Gasteiger partial charge in [-0.15, -0.1) is 0 Å². The third kappa shape index (κ3) is 2.63. The molecule has 2 rings (SSSR count). The van der Waals surface area contributed by atoms with Gasteiger partial charge in [0.25, 0.3) is 5.56 Å². The highest BCUT2D eigenvalue weighted by Crippen LogP contribution is 2.16. The van der Waals surface area contributed by atoms with Crippen molar-refractivity contribution in [3.05, 3.63) is 37.7 Å². The highest BCUT2D eigenvalue weighted by molar-refractivity contribution is 9.10. The number of carbonyl (C=O) groups excluding carboxylic acids is 1. The normalized spacial score (nSPS) is 11.6. The summed E-state index contributed by atoms with van der Waals surface area (Å²) in [5.41, 5.74) is -0.394. The Hall–Kier alpha value is -1.96. The van der Waals surface area contributed by atoms with Crippen LogP contribution in [0.1, 0.15) is 13.8 Å². The van der Waals surface area contributed by atoms with Crippen molar-refractivity contribution in [3.63, 3.8) is 0 Å². The molecule has 0 atom stereocenters. The maximum atomic E-state index is 12.5. The van der Waals surface area contributed by atoms with E-state index in [2.05, 4.69) is 20.9 Å². The molecule has 112 valence electrons. The molecule has 0 aromatic carbocycles. The van der Waals surface area contributed by atoms with Crippen LogP contribution in [0.25, 0.3) is 11.2 Å². The van der Waals surface area contributed by atoms with Gasteiger partial charge in [-0.1, -0.05) is 12.2 Å². The fraction of sp³-hybridized carbons (Fsp3) is 0.385. The van der Waals surface area contributed by atoms with E-state index in [1.165, 1.54) is 16.1 Å². The van der Waals surface area contributed by atoms with Crippen LogP contribution < -0.4 is 11.2 Å². The van der Waals surface area contributed by atoms with Crippen molar-refractivity contribution >= 4 is 32.9 Å². The van der Waals surface area contributed by atoms with Crippen LogP contribution in [0.3, 0.4) is 0 Å². The minimum atomic E-state index is -0.453. The van der Waals surface area contributed by atoms with E-state index in [0.717, 1.165) is 4.57 Å². The zero-order valence-electron chi connectivity index (χ0n) is 12.0. The van der Waals surface area contributed by atoms with Crippen LogP contribution in [0.2, 0.25) is 0 Å². The number of rotatable bonds is 4. The van der Waals surface area contributed by atoms with Crippen molar-refractivity contribution in [1.82, 2.24) is 18.7 Å². The molecule has 8 heteroatoms. The van der Waals surface area contributed by atoms with Gasteiger partial charge in [0.05, 0.1) is 6.54 Å². The molecule has 0 spiro atoms. The number of ketones is 1. The van der Waals surface area contributed by atoms with Gasteiger partial charge in [0.15, 0.2) is 15.9 Å². The number of allylic oxidation sites excluding steroid dienone is 2. The lowest BCUT2D eigenvalue weighted by molar-refractivity contribution is -0.117. The van der Waals surface area contributed by atoms with E-state index >= 15 is 0 Å². The molecule has 0 unspecified atom stereocenters. The summed E-state index contributed by atoms with van der Waals surface area (Å²) in [5, 5.41) is 0. The van der Waals surface area contributed by atoms with E-state index in [4.69, 9.17) is 0 Å². The van der Waals surface area contributed by atoms with Crippen LogP contribution >= 0.6 is 15.9 Å². The monoisotopic (exact) mass is 354 g/mol. The molecule has 2 aromatic heterocycles. The molecule has 0 aliphatic carbocycles. The summed E-state index contributed by atoms with van der Waals surface area (Å²) in [6.07, 6.45) is 3.48. The van der Waals surface area contributed by atoms with Crippen LogP contribution in [0.4, 0.5) is 0 Å². The second-order valence-electron chi connectivity index (χ2n) is 4.67. The first-order chi connectivity index (χ1) is 9.88. The lowest BCUT2D eigenvalue weighted by Crippen LogP contribution is -2.39. The van der Waals surface area contributed by atoms with E-state index in [-0.39, 0.29) is 30.0 Å².